The number of rotatable bonds is 6. The molecule has 1 aliphatic rings. The zero-order valence-corrected chi connectivity index (χ0v) is 17.7. The van der Waals surface area contributed by atoms with Gasteiger partial charge in [0.1, 0.15) is 24.9 Å². The summed E-state index contributed by atoms with van der Waals surface area (Å²) < 4.78 is 21.2. The smallest absolute Gasteiger partial charge is 0.179 e. The normalized spacial score (nSPS) is 17.3. The van der Waals surface area contributed by atoms with Gasteiger partial charge in [-0.3, -0.25) is 0 Å². The molecular formula is C22H22FN5O2S. The van der Waals surface area contributed by atoms with Crippen LogP contribution in [0.25, 0.3) is 0 Å². The lowest BCUT2D eigenvalue weighted by atomic mass is 10.1. The first-order valence-corrected chi connectivity index (χ1v) is 10.3. The third-order valence-corrected chi connectivity index (χ3v) is 5.58. The number of fused-ring (bicyclic) bond motifs is 1. The summed E-state index contributed by atoms with van der Waals surface area (Å²) in [5.74, 6) is 1.23. The molecule has 0 radical (unpaired) electrons. The van der Waals surface area contributed by atoms with E-state index in [-0.39, 0.29) is 24.1 Å². The molecule has 0 saturated carbocycles. The number of anilines is 1. The van der Waals surface area contributed by atoms with Crippen LogP contribution in [0.3, 0.4) is 0 Å². The maximum Gasteiger partial charge on any atom is 0.179 e. The van der Waals surface area contributed by atoms with E-state index in [0.717, 1.165) is 0 Å². The van der Waals surface area contributed by atoms with E-state index in [0.29, 0.717) is 35.1 Å². The quantitative estimate of drug-likeness (QED) is 0.466. The standard InChI is InChI=1S/C22H22FN5O2S/c1-27-21-19(10-5-11-24-21)30-13-16(22(27)31)7-4-9-18(29)20-25-14-28(26-20)12-15-6-2-3-8-17(15)23/h2-8,10-11,14,16,18,29H,9,12-13H2,1H3/b7-4+/t16-,18?/m0/s1. The minimum atomic E-state index is -0.880. The predicted octanol–water partition coefficient (Wildman–Crippen LogP) is 3.31. The summed E-state index contributed by atoms with van der Waals surface area (Å²) in [6.07, 6.45) is 6.39. The lowest BCUT2D eigenvalue weighted by Gasteiger charge is -2.19. The van der Waals surface area contributed by atoms with Crippen LogP contribution in [0.15, 0.2) is 61.1 Å². The van der Waals surface area contributed by atoms with Crippen molar-refractivity contribution < 1.29 is 14.2 Å². The van der Waals surface area contributed by atoms with Gasteiger partial charge in [-0.15, -0.1) is 0 Å². The summed E-state index contributed by atoms with van der Waals surface area (Å²) in [7, 11) is 1.87. The summed E-state index contributed by atoms with van der Waals surface area (Å²) in [5, 5.41) is 14.7. The highest BCUT2D eigenvalue weighted by molar-refractivity contribution is 7.80. The SMILES string of the molecule is CN1C(=S)[C@@H](/C=C/CC(O)c2ncn(Cc3ccccc3F)n2)COc2cccnc21. The molecule has 2 atom stereocenters. The van der Waals surface area contributed by atoms with Gasteiger partial charge in [0.15, 0.2) is 17.4 Å². The number of aliphatic hydroxyl groups excluding tert-OH is 1. The molecule has 0 amide bonds. The van der Waals surface area contributed by atoms with E-state index in [1.165, 1.54) is 17.1 Å². The van der Waals surface area contributed by atoms with Gasteiger partial charge < -0.3 is 14.7 Å². The van der Waals surface area contributed by atoms with Gasteiger partial charge in [-0.1, -0.05) is 42.6 Å². The fraction of sp³-hybridized carbons (Fsp3) is 0.273. The number of ether oxygens (including phenoxy) is 1. The minimum absolute atomic E-state index is 0.132. The Kier molecular flexibility index (Phi) is 6.34. The van der Waals surface area contributed by atoms with E-state index in [1.807, 2.05) is 36.2 Å². The maximum absolute atomic E-state index is 13.8. The number of hydrogen-bond donors (Lipinski definition) is 1. The van der Waals surface area contributed by atoms with Crippen molar-refractivity contribution in [2.45, 2.75) is 19.1 Å². The molecule has 0 spiro atoms. The highest BCUT2D eigenvalue weighted by Gasteiger charge is 2.25. The Hall–Kier alpha value is -3.17. The summed E-state index contributed by atoms with van der Waals surface area (Å²) in [4.78, 5) is 11.0. The molecule has 160 valence electrons. The Morgan fingerprint density at radius 3 is 2.97 bits per heavy atom. The van der Waals surface area contributed by atoms with Gasteiger partial charge in [0.25, 0.3) is 0 Å². The fourth-order valence-electron chi connectivity index (χ4n) is 3.30. The van der Waals surface area contributed by atoms with Crippen molar-refractivity contribution in [2.24, 2.45) is 5.92 Å². The average Bonchev–Trinajstić information content (AvgIpc) is 3.21. The van der Waals surface area contributed by atoms with Crippen LogP contribution in [0.1, 0.15) is 23.9 Å². The molecule has 1 aliphatic heterocycles. The van der Waals surface area contributed by atoms with Crippen LogP contribution < -0.4 is 9.64 Å². The molecule has 4 rings (SSSR count). The second kappa shape index (κ2) is 9.32. The lowest BCUT2D eigenvalue weighted by Crippen LogP contribution is -2.31. The molecule has 1 unspecified atom stereocenters. The summed E-state index contributed by atoms with van der Waals surface area (Å²) in [6, 6.07) is 10.2. The first kappa shape index (κ1) is 21.1. The molecule has 1 aromatic carbocycles. The first-order chi connectivity index (χ1) is 15.0. The average molecular weight is 440 g/mol. The number of hydrogen-bond acceptors (Lipinski definition) is 6. The molecular weight excluding hydrogens is 417 g/mol. The molecule has 0 aliphatic carbocycles. The number of aromatic nitrogens is 4. The molecule has 9 heteroatoms. The zero-order valence-electron chi connectivity index (χ0n) is 16.9. The van der Waals surface area contributed by atoms with Crippen molar-refractivity contribution in [3.8, 4) is 5.75 Å². The van der Waals surface area contributed by atoms with Gasteiger partial charge in [0, 0.05) is 18.8 Å². The van der Waals surface area contributed by atoms with Crippen LogP contribution in [0.2, 0.25) is 0 Å². The van der Waals surface area contributed by atoms with Crippen LogP contribution in [-0.4, -0.2) is 43.5 Å². The van der Waals surface area contributed by atoms with E-state index in [9.17, 15) is 9.50 Å². The Bertz CT molecular complexity index is 1100. The summed E-state index contributed by atoms with van der Waals surface area (Å²) >= 11 is 5.59. The van der Waals surface area contributed by atoms with Gasteiger partial charge in [0.2, 0.25) is 0 Å². The van der Waals surface area contributed by atoms with Crippen LogP contribution in [0, 0.1) is 11.7 Å². The van der Waals surface area contributed by atoms with E-state index < -0.39 is 6.10 Å². The first-order valence-electron chi connectivity index (χ1n) is 9.86. The van der Waals surface area contributed by atoms with Gasteiger partial charge in [-0.2, -0.15) is 5.10 Å². The van der Waals surface area contributed by atoms with Crippen LogP contribution in [0.5, 0.6) is 5.75 Å². The third kappa shape index (κ3) is 4.78. The molecule has 7 nitrogen and oxygen atoms in total. The lowest BCUT2D eigenvalue weighted by molar-refractivity contribution is 0.171. The molecule has 0 bridgehead atoms. The van der Waals surface area contributed by atoms with Gasteiger partial charge in [0.05, 0.1) is 17.5 Å². The van der Waals surface area contributed by atoms with Crippen LogP contribution >= 0.6 is 12.2 Å². The summed E-state index contributed by atoms with van der Waals surface area (Å²) in [6.45, 7) is 0.640. The number of nitrogens with zero attached hydrogens (tertiary/aromatic N) is 5. The monoisotopic (exact) mass is 439 g/mol. The zero-order chi connectivity index (χ0) is 21.8. The van der Waals surface area contributed by atoms with Crippen molar-refractivity contribution in [1.29, 1.82) is 0 Å². The number of thiocarbonyl (C=S) groups is 1. The topological polar surface area (TPSA) is 76.3 Å². The number of halogens is 1. The third-order valence-electron chi connectivity index (χ3n) is 5.00. The highest BCUT2D eigenvalue weighted by atomic mass is 32.1. The largest absolute Gasteiger partial charge is 0.489 e. The molecule has 3 heterocycles. The number of aliphatic hydroxyl groups is 1. The van der Waals surface area contributed by atoms with Crippen molar-refractivity contribution in [1.82, 2.24) is 19.7 Å². The minimum Gasteiger partial charge on any atom is -0.489 e. The molecule has 0 fully saturated rings. The maximum atomic E-state index is 13.8. The van der Waals surface area contributed by atoms with Gasteiger partial charge in [-0.05, 0) is 24.6 Å². The van der Waals surface area contributed by atoms with Gasteiger partial charge in [-0.25, -0.2) is 19.0 Å². The Balaban J connectivity index is 1.37. The Morgan fingerprint density at radius 1 is 1.29 bits per heavy atom. The molecule has 3 aromatic rings. The van der Waals surface area contributed by atoms with Crippen molar-refractivity contribution in [3.63, 3.8) is 0 Å². The van der Waals surface area contributed by atoms with Crippen molar-refractivity contribution >= 4 is 23.0 Å². The van der Waals surface area contributed by atoms with E-state index in [1.54, 1.807) is 24.4 Å². The molecule has 1 N–H and O–H groups in total. The number of benzene rings is 1. The molecule has 2 aromatic heterocycles. The van der Waals surface area contributed by atoms with Crippen LogP contribution in [-0.2, 0) is 6.54 Å². The molecule has 0 saturated heterocycles. The van der Waals surface area contributed by atoms with E-state index in [2.05, 4.69) is 15.1 Å². The second-order valence-electron chi connectivity index (χ2n) is 7.21. The molecule has 31 heavy (non-hydrogen) atoms. The fourth-order valence-corrected chi connectivity index (χ4v) is 3.54. The van der Waals surface area contributed by atoms with Crippen LogP contribution in [0.4, 0.5) is 10.2 Å². The van der Waals surface area contributed by atoms with Gasteiger partial charge >= 0.3 is 0 Å². The number of pyridine rings is 1. The predicted molar refractivity (Wildman–Crippen MR) is 118 cm³/mol. The highest BCUT2D eigenvalue weighted by Crippen LogP contribution is 2.30. The van der Waals surface area contributed by atoms with Crippen molar-refractivity contribution in [3.05, 3.63) is 78.3 Å². The Labute approximate surface area is 184 Å². The van der Waals surface area contributed by atoms with E-state index in [4.69, 9.17) is 17.0 Å². The Morgan fingerprint density at radius 2 is 2.13 bits per heavy atom. The van der Waals surface area contributed by atoms with E-state index >= 15 is 0 Å². The summed E-state index contributed by atoms with van der Waals surface area (Å²) in [5.41, 5.74) is 0.509. The van der Waals surface area contributed by atoms with Crippen molar-refractivity contribution in [2.75, 3.05) is 18.6 Å². The second-order valence-corrected chi connectivity index (χ2v) is 7.63.